The summed E-state index contributed by atoms with van der Waals surface area (Å²) in [5.74, 6) is 1.01. The Hall–Kier alpha value is -1.35. The molecule has 0 aliphatic carbocycles. The van der Waals surface area contributed by atoms with Gasteiger partial charge in [-0.05, 0) is 64.3 Å². The smallest absolute Gasteiger partial charge is 0.193 e. The van der Waals surface area contributed by atoms with E-state index in [2.05, 4.69) is 27.7 Å². The Balaban J connectivity index is 2.80. The Labute approximate surface area is 122 Å². The minimum Gasteiger partial charge on any atom is -0.488 e. The zero-order chi connectivity index (χ0) is 15.6. The van der Waals surface area contributed by atoms with Gasteiger partial charge in [-0.15, -0.1) is 0 Å². The number of ether oxygens (including phenoxy) is 1. The van der Waals surface area contributed by atoms with Crippen LogP contribution in [-0.2, 0) is 0 Å². The molecule has 3 nitrogen and oxygen atoms in total. The lowest BCUT2D eigenvalue weighted by molar-refractivity contribution is 0.0487. The van der Waals surface area contributed by atoms with Crippen molar-refractivity contribution in [3.8, 4) is 5.75 Å². The highest BCUT2D eigenvalue weighted by Gasteiger charge is 2.25. The average Bonchev–Trinajstić information content (AvgIpc) is 2.25. The zero-order valence-corrected chi connectivity index (χ0v) is 13.4. The normalized spacial score (nSPS) is 12.6. The van der Waals surface area contributed by atoms with Crippen LogP contribution in [0.1, 0.15) is 58.3 Å². The van der Waals surface area contributed by atoms with Crippen LogP contribution < -0.4 is 4.74 Å². The number of aliphatic hydroxyl groups is 1. The van der Waals surface area contributed by atoms with Gasteiger partial charge in [-0.3, -0.25) is 4.79 Å². The van der Waals surface area contributed by atoms with E-state index in [-0.39, 0.29) is 11.4 Å². The molecule has 0 radical (unpaired) electrons. The molecule has 3 heteroatoms. The van der Waals surface area contributed by atoms with Gasteiger partial charge in [-0.2, -0.15) is 0 Å². The number of carbonyl (C=O) groups excluding carboxylic acids is 1. The summed E-state index contributed by atoms with van der Waals surface area (Å²) < 4.78 is 5.96. The molecule has 1 aromatic rings. The van der Waals surface area contributed by atoms with Crippen molar-refractivity contribution >= 4 is 5.78 Å². The molecule has 0 saturated heterocycles. The summed E-state index contributed by atoms with van der Waals surface area (Å²) in [5.41, 5.74) is -1.10. The molecule has 0 heterocycles. The quantitative estimate of drug-likeness (QED) is 0.804. The van der Waals surface area contributed by atoms with E-state index >= 15 is 0 Å². The van der Waals surface area contributed by atoms with E-state index in [0.29, 0.717) is 11.5 Å². The molecule has 0 spiro atoms. The summed E-state index contributed by atoms with van der Waals surface area (Å²) in [5, 5.41) is 9.71. The van der Waals surface area contributed by atoms with Crippen LogP contribution in [0, 0.1) is 5.92 Å². The topological polar surface area (TPSA) is 46.5 Å². The van der Waals surface area contributed by atoms with Crippen molar-refractivity contribution in [1.29, 1.82) is 0 Å². The van der Waals surface area contributed by atoms with Gasteiger partial charge in [0.2, 0.25) is 0 Å². The van der Waals surface area contributed by atoms with Gasteiger partial charge in [0.25, 0.3) is 0 Å². The highest BCUT2D eigenvalue weighted by Crippen LogP contribution is 2.25. The van der Waals surface area contributed by atoms with E-state index in [4.69, 9.17) is 4.74 Å². The molecule has 0 unspecified atom stereocenters. The van der Waals surface area contributed by atoms with Gasteiger partial charge in [-0.25, -0.2) is 0 Å². The second-order valence-corrected chi connectivity index (χ2v) is 6.87. The first kappa shape index (κ1) is 16.7. The predicted octanol–water partition coefficient (Wildman–Crippen LogP) is 3.84. The molecule has 0 saturated carbocycles. The number of carbonyl (C=O) groups is 1. The molecule has 0 aliphatic heterocycles. The first-order valence-electron chi connectivity index (χ1n) is 7.07. The van der Waals surface area contributed by atoms with E-state index in [1.807, 2.05) is 0 Å². The van der Waals surface area contributed by atoms with Crippen LogP contribution >= 0.6 is 0 Å². The first-order chi connectivity index (χ1) is 9.01. The molecule has 1 rings (SSSR count). The summed E-state index contributed by atoms with van der Waals surface area (Å²) in [6.07, 6.45) is 0.956. The summed E-state index contributed by atoms with van der Waals surface area (Å²) in [7, 11) is 0. The third-order valence-corrected chi connectivity index (χ3v) is 2.97. The molecule has 1 N–H and O–H groups in total. The zero-order valence-electron chi connectivity index (χ0n) is 13.4. The lowest BCUT2D eigenvalue weighted by Crippen LogP contribution is -2.31. The Bertz CT molecular complexity index is 450. The van der Waals surface area contributed by atoms with Gasteiger partial charge in [0.1, 0.15) is 17.0 Å². The van der Waals surface area contributed by atoms with E-state index in [1.54, 1.807) is 24.3 Å². The molecule has 0 atom stereocenters. The van der Waals surface area contributed by atoms with Crippen LogP contribution in [0.4, 0.5) is 0 Å². The maximum atomic E-state index is 11.9. The van der Waals surface area contributed by atoms with Crippen molar-refractivity contribution in [3.05, 3.63) is 29.8 Å². The molecule has 1 aromatic carbocycles. The van der Waals surface area contributed by atoms with E-state index < -0.39 is 5.60 Å². The Morgan fingerprint density at radius 1 is 1.15 bits per heavy atom. The molecular weight excluding hydrogens is 252 g/mol. The van der Waals surface area contributed by atoms with Crippen LogP contribution in [0.25, 0.3) is 0 Å². The van der Waals surface area contributed by atoms with Crippen molar-refractivity contribution in [3.63, 3.8) is 0 Å². The van der Waals surface area contributed by atoms with Crippen LogP contribution in [-0.4, -0.2) is 22.1 Å². The maximum Gasteiger partial charge on any atom is 0.193 e. The molecule has 0 bridgehead atoms. The second kappa shape index (κ2) is 5.96. The van der Waals surface area contributed by atoms with Crippen LogP contribution in [0.5, 0.6) is 5.75 Å². The number of rotatable bonds is 6. The molecule has 112 valence electrons. The molecular formula is C17H26O3. The van der Waals surface area contributed by atoms with Crippen LogP contribution in [0.2, 0.25) is 0 Å². The Morgan fingerprint density at radius 3 is 2.05 bits per heavy atom. The highest BCUT2D eigenvalue weighted by atomic mass is 16.5. The average molecular weight is 278 g/mol. The van der Waals surface area contributed by atoms with Crippen LogP contribution in [0.3, 0.4) is 0 Å². The number of Topliss-reactive ketones (excluding diaryl/α,β-unsaturated/α-hetero) is 1. The van der Waals surface area contributed by atoms with Gasteiger partial charge in [0, 0.05) is 5.56 Å². The van der Waals surface area contributed by atoms with Gasteiger partial charge in [0.05, 0.1) is 0 Å². The third-order valence-electron chi connectivity index (χ3n) is 2.97. The van der Waals surface area contributed by atoms with E-state index in [0.717, 1.165) is 12.2 Å². The minimum atomic E-state index is -1.35. The maximum absolute atomic E-state index is 11.9. The van der Waals surface area contributed by atoms with Gasteiger partial charge in [0.15, 0.2) is 5.78 Å². The lowest BCUT2D eigenvalue weighted by Gasteiger charge is -2.28. The second-order valence-electron chi connectivity index (χ2n) is 6.87. The fraction of sp³-hybridized carbons (Fsp3) is 0.588. The fourth-order valence-electron chi connectivity index (χ4n) is 2.37. The lowest BCUT2D eigenvalue weighted by atomic mass is 9.95. The number of hydrogen-bond donors (Lipinski definition) is 1. The summed E-state index contributed by atoms with van der Waals surface area (Å²) in [6, 6.07) is 6.95. The van der Waals surface area contributed by atoms with Gasteiger partial charge in [-0.1, -0.05) is 13.8 Å². The van der Waals surface area contributed by atoms with Crippen LogP contribution in [0.15, 0.2) is 24.3 Å². The number of hydrogen-bond acceptors (Lipinski definition) is 3. The molecule has 0 fully saturated rings. The van der Waals surface area contributed by atoms with Crippen molar-refractivity contribution < 1.29 is 14.6 Å². The summed E-state index contributed by atoms with van der Waals surface area (Å²) in [4.78, 5) is 11.9. The minimum absolute atomic E-state index is 0.240. The molecule has 0 aliphatic rings. The SMILES string of the molecule is CC(C)CC(C)(C)Oc1ccc(C(=O)C(C)(C)O)cc1. The molecule has 0 amide bonds. The first-order valence-corrected chi connectivity index (χ1v) is 7.07. The summed E-state index contributed by atoms with van der Waals surface area (Å²) in [6.45, 7) is 11.4. The number of benzene rings is 1. The summed E-state index contributed by atoms with van der Waals surface area (Å²) >= 11 is 0. The van der Waals surface area contributed by atoms with Crippen molar-refractivity contribution in [2.24, 2.45) is 5.92 Å². The largest absolute Gasteiger partial charge is 0.488 e. The van der Waals surface area contributed by atoms with Crippen molar-refractivity contribution in [1.82, 2.24) is 0 Å². The predicted molar refractivity (Wildman–Crippen MR) is 81.2 cm³/mol. The van der Waals surface area contributed by atoms with Crippen molar-refractivity contribution in [2.75, 3.05) is 0 Å². The Kier molecular flexibility index (Phi) is 4.98. The highest BCUT2D eigenvalue weighted by molar-refractivity contribution is 6.01. The number of ketones is 1. The third kappa shape index (κ3) is 4.97. The fourth-order valence-corrected chi connectivity index (χ4v) is 2.37. The molecule has 20 heavy (non-hydrogen) atoms. The molecule has 0 aromatic heterocycles. The van der Waals surface area contributed by atoms with Gasteiger partial charge < -0.3 is 9.84 Å². The van der Waals surface area contributed by atoms with E-state index in [1.165, 1.54) is 13.8 Å². The Morgan fingerprint density at radius 2 is 1.65 bits per heavy atom. The van der Waals surface area contributed by atoms with E-state index in [9.17, 15) is 9.90 Å². The van der Waals surface area contributed by atoms with Gasteiger partial charge >= 0.3 is 0 Å². The van der Waals surface area contributed by atoms with Crippen molar-refractivity contribution in [2.45, 2.75) is 59.2 Å². The monoisotopic (exact) mass is 278 g/mol. The standard InChI is InChI=1S/C17H26O3/c1-12(2)11-16(3,4)20-14-9-7-13(8-10-14)15(18)17(5,6)19/h7-10,12,19H,11H2,1-6H3.